The maximum atomic E-state index is 12.9. The number of aromatic nitrogens is 1. The number of anilines is 1. The average Bonchev–Trinajstić information content (AvgIpc) is 2.35. The average molecular weight is 250 g/mol. The van der Waals surface area contributed by atoms with Crippen molar-refractivity contribution >= 4 is 11.6 Å². The summed E-state index contributed by atoms with van der Waals surface area (Å²) < 4.78 is 25.6. The number of carbonyl (C=O) groups excluding carboxylic acids is 1. The zero-order valence-corrected chi connectivity index (χ0v) is 9.04. The molecule has 4 nitrogen and oxygen atoms in total. The van der Waals surface area contributed by atoms with Gasteiger partial charge in [0.1, 0.15) is 0 Å². The van der Waals surface area contributed by atoms with Crippen LogP contribution in [0.4, 0.5) is 14.5 Å². The van der Waals surface area contributed by atoms with Gasteiger partial charge in [-0.25, -0.2) is 8.78 Å². The Kier molecular flexibility index (Phi) is 3.18. The number of amides is 1. The van der Waals surface area contributed by atoms with Crippen LogP contribution >= 0.6 is 0 Å². The van der Waals surface area contributed by atoms with Gasteiger partial charge in [0.05, 0.1) is 5.69 Å². The minimum absolute atomic E-state index is 0.0138. The molecule has 0 aliphatic carbocycles. The van der Waals surface area contributed by atoms with Gasteiger partial charge in [-0.3, -0.25) is 9.59 Å². The van der Waals surface area contributed by atoms with Crippen LogP contribution in [-0.4, -0.2) is 10.9 Å². The van der Waals surface area contributed by atoms with E-state index in [4.69, 9.17) is 0 Å². The fourth-order valence-electron chi connectivity index (χ4n) is 1.33. The number of rotatable bonds is 2. The van der Waals surface area contributed by atoms with Gasteiger partial charge in [0.15, 0.2) is 11.6 Å². The molecule has 0 atom stereocenters. The number of benzene rings is 1. The number of hydrogen-bond donors (Lipinski definition) is 2. The SMILES string of the molecule is O=C(Nc1ccc(=O)[nH]c1)c1ccc(F)c(F)c1. The number of hydrogen-bond acceptors (Lipinski definition) is 2. The van der Waals surface area contributed by atoms with Crippen LogP contribution in [0.3, 0.4) is 0 Å². The molecule has 18 heavy (non-hydrogen) atoms. The van der Waals surface area contributed by atoms with E-state index in [0.29, 0.717) is 5.69 Å². The van der Waals surface area contributed by atoms with E-state index < -0.39 is 17.5 Å². The van der Waals surface area contributed by atoms with Crippen molar-refractivity contribution in [1.29, 1.82) is 0 Å². The normalized spacial score (nSPS) is 10.1. The summed E-state index contributed by atoms with van der Waals surface area (Å²) in [5.41, 5.74) is 0.0326. The van der Waals surface area contributed by atoms with Crippen LogP contribution in [0.15, 0.2) is 41.3 Å². The van der Waals surface area contributed by atoms with E-state index in [9.17, 15) is 18.4 Å². The standard InChI is InChI=1S/C12H8F2N2O2/c13-9-3-1-7(5-10(9)14)12(18)16-8-2-4-11(17)15-6-8/h1-6H,(H,15,17)(H,16,18). The first-order valence-corrected chi connectivity index (χ1v) is 5.01. The second-order valence-electron chi connectivity index (χ2n) is 3.52. The molecule has 2 N–H and O–H groups in total. The van der Waals surface area contributed by atoms with Gasteiger partial charge in [0, 0.05) is 17.8 Å². The highest BCUT2D eigenvalue weighted by Gasteiger charge is 2.09. The molecule has 1 aromatic carbocycles. The topological polar surface area (TPSA) is 62.0 Å². The first kappa shape index (κ1) is 12.0. The lowest BCUT2D eigenvalue weighted by Crippen LogP contribution is -2.14. The molecule has 0 aliphatic heterocycles. The predicted octanol–water partition coefficient (Wildman–Crippen LogP) is 1.91. The highest BCUT2D eigenvalue weighted by Crippen LogP contribution is 2.11. The quantitative estimate of drug-likeness (QED) is 0.855. The summed E-state index contributed by atoms with van der Waals surface area (Å²) in [6.45, 7) is 0. The molecule has 2 aromatic rings. The zero-order valence-electron chi connectivity index (χ0n) is 9.04. The summed E-state index contributed by atoms with van der Waals surface area (Å²) in [5, 5.41) is 2.43. The van der Waals surface area contributed by atoms with Crippen molar-refractivity contribution in [3.63, 3.8) is 0 Å². The molecule has 0 aliphatic rings. The number of H-pyrrole nitrogens is 1. The van der Waals surface area contributed by atoms with E-state index in [1.807, 2.05) is 0 Å². The summed E-state index contributed by atoms with van der Waals surface area (Å²) in [7, 11) is 0. The van der Waals surface area contributed by atoms with E-state index in [0.717, 1.165) is 12.1 Å². The molecule has 0 unspecified atom stereocenters. The van der Waals surface area contributed by atoms with E-state index in [2.05, 4.69) is 10.3 Å². The maximum absolute atomic E-state index is 12.9. The fraction of sp³-hybridized carbons (Fsp3) is 0. The molecular formula is C12H8F2N2O2. The van der Waals surface area contributed by atoms with Gasteiger partial charge in [-0.2, -0.15) is 0 Å². The highest BCUT2D eigenvalue weighted by molar-refractivity contribution is 6.04. The lowest BCUT2D eigenvalue weighted by Gasteiger charge is -2.04. The second-order valence-corrected chi connectivity index (χ2v) is 3.52. The smallest absolute Gasteiger partial charge is 0.255 e. The van der Waals surface area contributed by atoms with E-state index >= 15 is 0 Å². The van der Waals surface area contributed by atoms with Crippen molar-refractivity contribution < 1.29 is 13.6 Å². The van der Waals surface area contributed by atoms with Crippen molar-refractivity contribution in [3.05, 3.63) is 64.1 Å². The Morgan fingerprint density at radius 1 is 1.11 bits per heavy atom. The van der Waals surface area contributed by atoms with Crippen LogP contribution in [0, 0.1) is 11.6 Å². The summed E-state index contributed by atoms with van der Waals surface area (Å²) in [5.74, 6) is -2.71. The van der Waals surface area contributed by atoms with Crippen LogP contribution in [-0.2, 0) is 0 Å². The molecule has 1 amide bonds. The molecule has 0 spiro atoms. The fourth-order valence-corrected chi connectivity index (χ4v) is 1.33. The molecule has 1 heterocycles. The van der Waals surface area contributed by atoms with Crippen molar-refractivity contribution in [3.8, 4) is 0 Å². The van der Waals surface area contributed by atoms with Gasteiger partial charge in [-0.05, 0) is 24.3 Å². The largest absolute Gasteiger partial charge is 0.327 e. The van der Waals surface area contributed by atoms with Gasteiger partial charge in [0.2, 0.25) is 5.56 Å². The number of carbonyl (C=O) groups is 1. The Morgan fingerprint density at radius 3 is 2.50 bits per heavy atom. The summed E-state index contributed by atoms with van der Waals surface area (Å²) in [4.78, 5) is 24.8. The number of nitrogens with one attached hydrogen (secondary N) is 2. The Hall–Kier alpha value is -2.50. The lowest BCUT2D eigenvalue weighted by atomic mass is 10.2. The van der Waals surface area contributed by atoms with Crippen LogP contribution in [0.1, 0.15) is 10.4 Å². The van der Waals surface area contributed by atoms with E-state index in [-0.39, 0.29) is 11.1 Å². The molecule has 0 saturated carbocycles. The number of pyridine rings is 1. The van der Waals surface area contributed by atoms with Crippen LogP contribution in [0.5, 0.6) is 0 Å². The van der Waals surface area contributed by atoms with Crippen molar-refractivity contribution in [2.24, 2.45) is 0 Å². The molecule has 0 fully saturated rings. The van der Waals surface area contributed by atoms with E-state index in [1.54, 1.807) is 0 Å². The molecule has 0 radical (unpaired) electrons. The third-order valence-corrected chi connectivity index (χ3v) is 2.22. The van der Waals surface area contributed by atoms with Crippen molar-refractivity contribution in [2.45, 2.75) is 0 Å². The Labute approximate surface area is 100 Å². The summed E-state index contributed by atoms with van der Waals surface area (Å²) in [6.07, 6.45) is 1.31. The Balaban J connectivity index is 2.19. The number of halogens is 2. The van der Waals surface area contributed by atoms with Crippen LogP contribution < -0.4 is 10.9 Å². The molecule has 1 aromatic heterocycles. The van der Waals surface area contributed by atoms with Crippen molar-refractivity contribution in [1.82, 2.24) is 4.98 Å². The van der Waals surface area contributed by atoms with Gasteiger partial charge in [-0.15, -0.1) is 0 Å². The Bertz CT molecular complexity index is 632. The predicted molar refractivity (Wildman–Crippen MR) is 61.4 cm³/mol. The molecule has 2 rings (SSSR count). The van der Waals surface area contributed by atoms with Crippen LogP contribution in [0.2, 0.25) is 0 Å². The van der Waals surface area contributed by atoms with E-state index in [1.165, 1.54) is 24.4 Å². The van der Waals surface area contributed by atoms with Gasteiger partial charge < -0.3 is 10.3 Å². The molecule has 0 saturated heterocycles. The van der Waals surface area contributed by atoms with Gasteiger partial charge in [0.25, 0.3) is 5.91 Å². The summed E-state index contributed by atoms with van der Waals surface area (Å²) in [6, 6.07) is 5.48. The minimum atomic E-state index is -1.09. The summed E-state index contributed by atoms with van der Waals surface area (Å²) >= 11 is 0. The second kappa shape index (κ2) is 4.79. The monoisotopic (exact) mass is 250 g/mol. The van der Waals surface area contributed by atoms with Crippen LogP contribution in [0.25, 0.3) is 0 Å². The van der Waals surface area contributed by atoms with Crippen molar-refractivity contribution in [2.75, 3.05) is 5.32 Å². The molecule has 92 valence electrons. The zero-order chi connectivity index (χ0) is 13.1. The number of aromatic amines is 1. The van der Waals surface area contributed by atoms with Gasteiger partial charge >= 0.3 is 0 Å². The molecule has 6 heteroatoms. The third-order valence-electron chi connectivity index (χ3n) is 2.22. The Morgan fingerprint density at radius 2 is 1.89 bits per heavy atom. The molecular weight excluding hydrogens is 242 g/mol. The maximum Gasteiger partial charge on any atom is 0.255 e. The first-order chi connectivity index (χ1) is 8.56. The molecule has 0 bridgehead atoms. The first-order valence-electron chi connectivity index (χ1n) is 5.01. The highest BCUT2D eigenvalue weighted by atomic mass is 19.2. The minimum Gasteiger partial charge on any atom is -0.327 e. The third kappa shape index (κ3) is 2.60. The van der Waals surface area contributed by atoms with Gasteiger partial charge in [-0.1, -0.05) is 0 Å². The lowest BCUT2D eigenvalue weighted by molar-refractivity contribution is 0.102.